The number of thiophene rings is 1. The van der Waals surface area contributed by atoms with Crippen LogP contribution in [-0.2, 0) is 16.1 Å². The van der Waals surface area contributed by atoms with Gasteiger partial charge in [-0.2, -0.15) is 0 Å². The molecule has 3 rings (SSSR count). The second-order valence-corrected chi connectivity index (χ2v) is 5.63. The van der Waals surface area contributed by atoms with Crippen LogP contribution in [0.3, 0.4) is 0 Å². The van der Waals surface area contributed by atoms with Gasteiger partial charge in [-0.15, -0.1) is 11.3 Å². The lowest BCUT2D eigenvalue weighted by Gasteiger charge is -2.10. The lowest BCUT2D eigenvalue weighted by molar-refractivity contribution is -0.124. The van der Waals surface area contributed by atoms with Crippen molar-refractivity contribution >= 4 is 27.5 Å². The average Bonchev–Trinajstić information content (AvgIpc) is 3.11. The topological polar surface area (TPSA) is 73.2 Å². The second-order valence-electron chi connectivity index (χ2n) is 4.73. The maximum Gasteiger partial charge on any atom is 0.262 e. The quantitative estimate of drug-likeness (QED) is 0.896. The molecule has 0 spiro atoms. The fourth-order valence-corrected chi connectivity index (χ4v) is 2.96. The molecule has 106 valence electrons. The van der Waals surface area contributed by atoms with E-state index in [1.165, 1.54) is 22.2 Å². The van der Waals surface area contributed by atoms with Crippen molar-refractivity contribution in [1.82, 2.24) is 14.9 Å². The van der Waals surface area contributed by atoms with Gasteiger partial charge in [0.25, 0.3) is 5.56 Å². The third-order valence-corrected chi connectivity index (χ3v) is 4.22. The van der Waals surface area contributed by atoms with E-state index in [4.69, 9.17) is 4.74 Å². The minimum atomic E-state index is -0.0605. The van der Waals surface area contributed by atoms with Crippen LogP contribution >= 0.6 is 11.3 Å². The van der Waals surface area contributed by atoms with Crippen LogP contribution in [0.4, 0.5) is 0 Å². The van der Waals surface area contributed by atoms with E-state index in [-0.39, 0.29) is 17.4 Å². The van der Waals surface area contributed by atoms with Crippen LogP contribution in [0.1, 0.15) is 6.42 Å². The summed E-state index contributed by atoms with van der Waals surface area (Å²) in [6, 6.07) is 1.78. The molecule has 0 bridgehead atoms. The summed E-state index contributed by atoms with van der Waals surface area (Å²) in [6.07, 6.45) is 2.31. The number of aromatic nitrogens is 2. The van der Waals surface area contributed by atoms with E-state index in [1.54, 1.807) is 6.07 Å². The first kappa shape index (κ1) is 13.3. The molecule has 1 aliphatic rings. The van der Waals surface area contributed by atoms with Crippen LogP contribution in [0, 0.1) is 5.92 Å². The first-order valence-corrected chi connectivity index (χ1v) is 7.42. The van der Waals surface area contributed by atoms with E-state index < -0.39 is 0 Å². The number of carbonyl (C=O) groups is 1. The molecular weight excluding hydrogens is 278 g/mol. The summed E-state index contributed by atoms with van der Waals surface area (Å²) in [6.45, 7) is 1.99. The van der Waals surface area contributed by atoms with E-state index >= 15 is 0 Å². The van der Waals surface area contributed by atoms with E-state index in [2.05, 4.69) is 10.3 Å². The molecule has 0 radical (unpaired) electrons. The maximum atomic E-state index is 12.1. The standard InChI is InChI=1S/C13H15N3O3S/c17-11(9-1-5-19-7-9)14-3-4-16-8-15-12-10(13(16)18)2-6-20-12/h2,6,8-9H,1,3-5,7H2,(H,14,17). The van der Waals surface area contributed by atoms with Crippen molar-refractivity contribution in [3.63, 3.8) is 0 Å². The Hall–Kier alpha value is -1.73. The molecule has 20 heavy (non-hydrogen) atoms. The molecule has 2 aromatic heterocycles. The third kappa shape index (κ3) is 2.59. The van der Waals surface area contributed by atoms with Gasteiger partial charge in [-0.05, 0) is 17.9 Å². The molecule has 6 nitrogen and oxygen atoms in total. The van der Waals surface area contributed by atoms with Gasteiger partial charge in [-0.3, -0.25) is 14.2 Å². The molecule has 1 aliphatic heterocycles. The van der Waals surface area contributed by atoms with Crippen molar-refractivity contribution < 1.29 is 9.53 Å². The number of nitrogens with zero attached hydrogens (tertiary/aromatic N) is 2. The molecule has 0 aromatic carbocycles. The molecule has 7 heteroatoms. The fraction of sp³-hybridized carbons (Fsp3) is 0.462. The summed E-state index contributed by atoms with van der Waals surface area (Å²) in [5, 5.41) is 5.32. The third-order valence-electron chi connectivity index (χ3n) is 3.40. The number of fused-ring (bicyclic) bond motifs is 1. The lowest BCUT2D eigenvalue weighted by atomic mass is 10.1. The number of nitrogens with one attached hydrogen (secondary N) is 1. The first-order valence-electron chi connectivity index (χ1n) is 6.54. The summed E-state index contributed by atoms with van der Waals surface area (Å²) in [5.41, 5.74) is -0.0605. The van der Waals surface area contributed by atoms with Crippen LogP contribution in [0.5, 0.6) is 0 Å². The summed E-state index contributed by atoms with van der Waals surface area (Å²) < 4.78 is 6.70. The Balaban J connectivity index is 1.61. The number of rotatable bonds is 4. The fourth-order valence-electron chi connectivity index (χ4n) is 2.24. The SMILES string of the molecule is O=C(NCCn1cnc2sccc2c1=O)C1CCOC1. The van der Waals surface area contributed by atoms with Crippen molar-refractivity contribution in [3.05, 3.63) is 28.1 Å². The summed E-state index contributed by atoms with van der Waals surface area (Å²) >= 11 is 1.45. The zero-order valence-electron chi connectivity index (χ0n) is 10.9. The molecule has 1 N–H and O–H groups in total. The normalized spacial score (nSPS) is 18.5. The number of carbonyl (C=O) groups excluding carboxylic acids is 1. The van der Waals surface area contributed by atoms with Gasteiger partial charge in [-0.1, -0.05) is 0 Å². The molecule has 3 heterocycles. The Morgan fingerprint density at radius 1 is 1.60 bits per heavy atom. The lowest BCUT2D eigenvalue weighted by Crippen LogP contribution is -2.35. The number of ether oxygens (including phenoxy) is 1. The number of hydrogen-bond donors (Lipinski definition) is 1. The average molecular weight is 293 g/mol. The van der Waals surface area contributed by atoms with Crippen LogP contribution in [-0.4, -0.2) is 35.2 Å². The zero-order valence-corrected chi connectivity index (χ0v) is 11.7. The minimum absolute atomic E-state index is 0.000111. The zero-order chi connectivity index (χ0) is 13.9. The van der Waals surface area contributed by atoms with Crippen LogP contribution in [0.2, 0.25) is 0 Å². The summed E-state index contributed by atoms with van der Waals surface area (Å²) in [4.78, 5) is 28.9. The van der Waals surface area contributed by atoms with E-state index in [0.29, 0.717) is 31.7 Å². The highest BCUT2D eigenvalue weighted by molar-refractivity contribution is 7.16. The maximum absolute atomic E-state index is 12.1. The van der Waals surface area contributed by atoms with Crippen molar-refractivity contribution in [1.29, 1.82) is 0 Å². The molecule has 0 aliphatic carbocycles. The number of hydrogen-bond acceptors (Lipinski definition) is 5. The molecule has 0 saturated carbocycles. The highest BCUT2D eigenvalue weighted by Gasteiger charge is 2.22. The Morgan fingerprint density at radius 2 is 2.50 bits per heavy atom. The van der Waals surface area contributed by atoms with Gasteiger partial charge in [0.05, 0.1) is 24.2 Å². The second kappa shape index (κ2) is 5.72. The predicted octanol–water partition coefficient (Wildman–Crippen LogP) is 0.611. The Morgan fingerprint density at radius 3 is 3.30 bits per heavy atom. The molecule has 1 amide bonds. The van der Waals surface area contributed by atoms with Crippen molar-refractivity contribution in [2.24, 2.45) is 5.92 Å². The van der Waals surface area contributed by atoms with Gasteiger partial charge in [0, 0.05) is 19.7 Å². The van der Waals surface area contributed by atoms with Crippen LogP contribution in [0.15, 0.2) is 22.6 Å². The van der Waals surface area contributed by atoms with Crippen molar-refractivity contribution in [2.45, 2.75) is 13.0 Å². The Kier molecular flexibility index (Phi) is 3.79. The van der Waals surface area contributed by atoms with Gasteiger partial charge in [0.1, 0.15) is 4.83 Å². The molecular formula is C13H15N3O3S. The van der Waals surface area contributed by atoms with Crippen molar-refractivity contribution in [3.8, 4) is 0 Å². The van der Waals surface area contributed by atoms with Crippen molar-refractivity contribution in [2.75, 3.05) is 19.8 Å². The molecule has 1 fully saturated rings. The Bertz CT molecular complexity index is 673. The molecule has 1 saturated heterocycles. The highest BCUT2D eigenvalue weighted by atomic mass is 32.1. The predicted molar refractivity (Wildman–Crippen MR) is 75.8 cm³/mol. The molecule has 1 unspecified atom stereocenters. The van der Waals surface area contributed by atoms with Gasteiger partial charge in [-0.25, -0.2) is 4.98 Å². The number of amides is 1. The molecule has 2 aromatic rings. The smallest absolute Gasteiger partial charge is 0.262 e. The van der Waals surface area contributed by atoms with Gasteiger partial charge >= 0.3 is 0 Å². The highest BCUT2D eigenvalue weighted by Crippen LogP contribution is 2.13. The van der Waals surface area contributed by atoms with E-state index in [0.717, 1.165) is 11.3 Å². The van der Waals surface area contributed by atoms with E-state index in [9.17, 15) is 9.59 Å². The van der Waals surface area contributed by atoms with Gasteiger partial charge in [0.15, 0.2) is 0 Å². The van der Waals surface area contributed by atoms with E-state index in [1.807, 2.05) is 5.38 Å². The first-order chi connectivity index (χ1) is 9.75. The van der Waals surface area contributed by atoms with Gasteiger partial charge in [0.2, 0.25) is 5.91 Å². The van der Waals surface area contributed by atoms with Crippen LogP contribution in [0.25, 0.3) is 10.2 Å². The van der Waals surface area contributed by atoms with Crippen LogP contribution < -0.4 is 10.9 Å². The summed E-state index contributed by atoms with van der Waals surface area (Å²) in [7, 11) is 0. The Labute approximate surface area is 119 Å². The molecule has 1 atom stereocenters. The monoisotopic (exact) mass is 293 g/mol. The largest absolute Gasteiger partial charge is 0.381 e. The minimum Gasteiger partial charge on any atom is -0.381 e. The summed E-state index contributed by atoms with van der Waals surface area (Å²) in [5.74, 6) is -0.0516. The van der Waals surface area contributed by atoms with Gasteiger partial charge < -0.3 is 10.1 Å².